The lowest BCUT2D eigenvalue weighted by molar-refractivity contribution is 0.0475. The minimum absolute atomic E-state index is 0.202. The fourth-order valence-electron chi connectivity index (χ4n) is 2.69. The minimum atomic E-state index is -0.433. The van der Waals surface area contributed by atoms with Crippen molar-refractivity contribution in [2.45, 2.75) is 71.9 Å². The van der Waals surface area contributed by atoms with Gasteiger partial charge in [0, 0.05) is 19.1 Å². The molecule has 0 spiro atoms. The third kappa shape index (κ3) is 7.51. The number of likely N-dealkylation sites (tertiary alicyclic amines) is 1. The summed E-state index contributed by atoms with van der Waals surface area (Å²) in [5, 5.41) is 3.01. The molecule has 0 aromatic rings. The molecule has 1 fully saturated rings. The first-order valence-electron chi connectivity index (χ1n) is 8.23. The second-order valence-corrected chi connectivity index (χ2v) is 6.84. The van der Waals surface area contributed by atoms with Crippen molar-refractivity contribution in [1.29, 1.82) is 0 Å². The number of ether oxygens (including phenoxy) is 1. The van der Waals surface area contributed by atoms with Crippen LogP contribution in [0.15, 0.2) is 11.6 Å². The number of carbonyl (C=O) groups is 1. The Hall–Kier alpha value is -1.03. The van der Waals surface area contributed by atoms with Crippen LogP contribution in [0.5, 0.6) is 0 Å². The summed E-state index contributed by atoms with van der Waals surface area (Å²) >= 11 is 0. The van der Waals surface area contributed by atoms with Gasteiger partial charge in [0.1, 0.15) is 5.60 Å². The molecule has 0 aromatic heterocycles. The molecule has 1 N–H and O–H groups in total. The van der Waals surface area contributed by atoms with Crippen LogP contribution in [0.25, 0.3) is 0 Å². The molecule has 1 rings (SSSR count). The van der Waals surface area contributed by atoms with Crippen LogP contribution in [0, 0.1) is 0 Å². The van der Waals surface area contributed by atoms with E-state index in [1.165, 1.54) is 5.57 Å². The molecular formula is C17H32N2O2. The van der Waals surface area contributed by atoms with Crippen molar-refractivity contribution in [2.75, 3.05) is 19.6 Å². The van der Waals surface area contributed by atoms with E-state index in [2.05, 4.69) is 30.1 Å². The Morgan fingerprint density at radius 2 is 2.10 bits per heavy atom. The average Bonchev–Trinajstić information content (AvgIpc) is 2.36. The molecule has 1 heterocycles. The molecule has 0 bridgehead atoms. The number of nitrogens with one attached hydrogen (secondary N) is 1. The summed E-state index contributed by atoms with van der Waals surface area (Å²) < 4.78 is 5.34. The number of hydrogen-bond donors (Lipinski definition) is 1. The van der Waals surface area contributed by atoms with E-state index < -0.39 is 5.60 Å². The van der Waals surface area contributed by atoms with Crippen LogP contribution in [0.3, 0.4) is 0 Å². The number of nitrogens with zero attached hydrogens (tertiary/aromatic N) is 1. The van der Waals surface area contributed by atoms with Gasteiger partial charge in [0.05, 0.1) is 0 Å². The standard InChI is InChI=1S/C17H32N2O2/c1-6-9-14(7-2)12-19-11-8-10-15(13-19)18-16(20)21-17(3,4)5/h9,15H,6-8,10-13H2,1-5H3,(H,18,20)/b14-9+/t15-/m0/s1. The van der Waals surface area contributed by atoms with E-state index in [0.29, 0.717) is 0 Å². The molecule has 4 heteroatoms. The third-order valence-corrected chi connectivity index (χ3v) is 3.60. The predicted molar refractivity (Wildman–Crippen MR) is 87.5 cm³/mol. The van der Waals surface area contributed by atoms with Crippen LogP contribution < -0.4 is 5.32 Å². The van der Waals surface area contributed by atoms with Crippen LogP contribution >= 0.6 is 0 Å². The monoisotopic (exact) mass is 296 g/mol. The number of alkyl carbamates (subject to hydrolysis) is 1. The topological polar surface area (TPSA) is 41.6 Å². The molecule has 0 radical (unpaired) electrons. The lowest BCUT2D eigenvalue weighted by Crippen LogP contribution is -2.49. The minimum Gasteiger partial charge on any atom is -0.444 e. The van der Waals surface area contributed by atoms with E-state index in [0.717, 1.165) is 45.3 Å². The highest BCUT2D eigenvalue weighted by Gasteiger charge is 2.24. The third-order valence-electron chi connectivity index (χ3n) is 3.60. The maximum atomic E-state index is 11.9. The zero-order valence-corrected chi connectivity index (χ0v) is 14.4. The zero-order valence-electron chi connectivity index (χ0n) is 14.4. The van der Waals surface area contributed by atoms with Crippen molar-refractivity contribution >= 4 is 6.09 Å². The number of rotatable bonds is 5. The van der Waals surface area contributed by atoms with Crippen LogP contribution in [0.4, 0.5) is 4.79 Å². The predicted octanol–water partition coefficient (Wildman–Crippen LogP) is 3.72. The van der Waals surface area contributed by atoms with Crippen molar-refractivity contribution < 1.29 is 9.53 Å². The summed E-state index contributed by atoms with van der Waals surface area (Å²) in [6, 6.07) is 0.202. The fraction of sp³-hybridized carbons (Fsp3) is 0.824. The van der Waals surface area contributed by atoms with Crippen molar-refractivity contribution in [1.82, 2.24) is 10.2 Å². The number of carbonyl (C=O) groups excluding carboxylic acids is 1. The van der Waals surface area contributed by atoms with Gasteiger partial charge in [-0.15, -0.1) is 0 Å². The molecule has 0 aromatic carbocycles. The summed E-state index contributed by atoms with van der Waals surface area (Å²) in [5.74, 6) is 0. The van der Waals surface area contributed by atoms with Gasteiger partial charge in [0.25, 0.3) is 0 Å². The summed E-state index contributed by atoms with van der Waals surface area (Å²) in [5.41, 5.74) is 1.06. The highest BCUT2D eigenvalue weighted by atomic mass is 16.6. The summed E-state index contributed by atoms with van der Waals surface area (Å²) in [6.45, 7) is 13.1. The van der Waals surface area contributed by atoms with Crippen molar-refractivity contribution in [3.8, 4) is 0 Å². The van der Waals surface area contributed by atoms with E-state index in [-0.39, 0.29) is 12.1 Å². The van der Waals surface area contributed by atoms with Gasteiger partial charge in [0.15, 0.2) is 0 Å². The normalized spacial score (nSPS) is 21.2. The maximum absolute atomic E-state index is 11.9. The molecule has 4 nitrogen and oxygen atoms in total. The van der Waals surface area contributed by atoms with E-state index in [1.807, 2.05) is 20.8 Å². The van der Waals surface area contributed by atoms with Gasteiger partial charge in [-0.3, -0.25) is 4.90 Å². The van der Waals surface area contributed by atoms with Crippen LogP contribution in [-0.4, -0.2) is 42.3 Å². The van der Waals surface area contributed by atoms with Gasteiger partial charge in [-0.2, -0.15) is 0 Å². The van der Waals surface area contributed by atoms with E-state index in [9.17, 15) is 4.79 Å². The van der Waals surface area contributed by atoms with Gasteiger partial charge in [-0.25, -0.2) is 4.79 Å². The van der Waals surface area contributed by atoms with Gasteiger partial charge < -0.3 is 10.1 Å². The fourth-order valence-corrected chi connectivity index (χ4v) is 2.69. The van der Waals surface area contributed by atoms with E-state index >= 15 is 0 Å². The second-order valence-electron chi connectivity index (χ2n) is 6.84. The SMILES string of the molecule is CC/C=C(\CC)CN1CCC[C@H](NC(=O)OC(C)(C)C)C1. The van der Waals surface area contributed by atoms with Crippen LogP contribution in [-0.2, 0) is 4.74 Å². The van der Waals surface area contributed by atoms with Crippen molar-refractivity contribution in [2.24, 2.45) is 0 Å². The molecule has 1 atom stereocenters. The highest BCUT2D eigenvalue weighted by Crippen LogP contribution is 2.15. The van der Waals surface area contributed by atoms with Crippen molar-refractivity contribution in [3.05, 3.63) is 11.6 Å². The first kappa shape index (κ1) is 18.0. The van der Waals surface area contributed by atoms with Gasteiger partial charge >= 0.3 is 6.09 Å². The Kier molecular flexibility index (Phi) is 7.23. The van der Waals surface area contributed by atoms with Crippen LogP contribution in [0.2, 0.25) is 0 Å². The molecule has 122 valence electrons. The summed E-state index contributed by atoms with van der Waals surface area (Å²) in [7, 11) is 0. The molecule has 21 heavy (non-hydrogen) atoms. The van der Waals surface area contributed by atoms with E-state index in [1.54, 1.807) is 0 Å². The summed E-state index contributed by atoms with van der Waals surface area (Å²) in [6.07, 6.45) is 6.39. The first-order valence-corrected chi connectivity index (χ1v) is 8.23. The quantitative estimate of drug-likeness (QED) is 0.786. The molecule has 1 saturated heterocycles. The molecule has 1 aliphatic rings. The lowest BCUT2D eigenvalue weighted by atomic mass is 10.0. The Morgan fingerprint density at radius 1 is 1.38 bits per heavy atom. The van der Waals surface area contributed by atoms with Crippen molar-refractivity contribution in [3.63, 3.8) is 0 Å². The van der Waals surface area contributed by atoms with Gasteiger partial charge in [0.2, 0.25) is 0 Å². The molecule has 1 aliphatic heterocycles. The lowest BCUT2D eigenvalue weighted by Gasteiger charge is -2.34. The first-order chi connectivity index (χ1) is 9.84. The highest BCUT2D eigenvalue weighted by molar-refractivity contribution is 5.68. The summed E-state index contributed by atoms with van der Waals surface area (Å²) in [4.78, 5) is 14.3. The Labute approximate surface area is 129 Å². The van der Waals surface area contributed by atoms with Gasteiger partial charge in [-0.05, 0) is 53.0 Å². The van der Waals surface area contributed by atoms with E-state index in [4.69, 9.17) is 4.74 Å². The maximum Gasteiger partial charge on any atom is 0.407 e. The molecule has 0 aliphatic carbocycles. The number of piperidine rings is 1. The number of hydrogen-bond acceptors (Lipinski definition) is 3. The van der Waals surface area contributed by atoms with Gasteiger partial charge in [-0.1, -0.05) is 25.5 Å². The zero-order chi connectivity index (χ0) is 15.9. The average molecular weight is 296 g/mol. The number of allylic oxidation sites excluding steroid dienone is 1. The second kappa shape index (κ2) is 8.42. The molecule has 0 saturated carbocycles. The molecule has 1 amide bonds. The Morgan fingerprint density at radius 3 is 2.67 bits per heavy atom. The van der Waals surface area contributed by atoms with Crippen LogP contribution in [0.1, 0.15) is 60.3 Å². The number of amides is 1. The smallest absolute Gasteiger partial charge is 0.407 e. The molecular weight excluding hydrogens is 264 g/mol. The Bertz CT molecular complexity index is 358. The largest absolute Gasteiger partial charge is 0.444 e. The molecule has 0 unspecified atom stereocenters. The Balaban J connectivity index is 2.45.